The van der Waals surface area contributed by atoms with Gasteiger partial charge in [-0.05, 0) is 23.7 Å². The quantitative estimate of drug-likeness (QED) is 0.138. The Labute approximate surface area is 305 Å². The highest BCUT2D eigenvalue weighted by atomic mass is 35.6. The molecule has 0 saturated carbocycles. The van der Waals surface area contributed by atoms with Crippen molar-refractivity contribution in [1.29, 1.82) is 0 Å². The Morgan fingerprint density at radius 3 is 2.04 bits per heavy atom. The SMILES string of the molecule is CC(C)(C)[Si](C)(C)OCC1O[C@@H](OCC(COCc2ccccc2)NC(=O)OCC(Cl)(Cl)Cl)C(NC(=O)OCC(Cl)(Cl)Cl)[C@@H](O)[C@H]1O. The molecule has 1 aliphatic heterocycles. The van der Waals surface area contributed by atoms with E-state index in [1.807, 2.05) is 64.2 Å². The predicted molar refractivity (Wildman–Crippen MR) is 183 cm³/mol. The molecule has 0 aliphatic carbocycles. The topological polar surface area (TPSA) is 154 Å². The minimum atomic E-state index is -2.30. The van der Waals surface area contributed by atoms with Gasteiger partial charge in [-0.1, -0.05) is 121 Å². The normalized spacial score (nSPS) is 23.1. The van der Waals surface area contributed by atoms with Crippen molar-refractivity contribution in [3.05, 3.63) is 35.9 Å². The minimum Gasteiger partial charge on any atom is -0.445 e. The van der Waals surface area contributed by atoms with Gasteiger partial charge in [0.25, 0.3) is 0 Å². The van der Waals surface area contributed by atoms with Crippen molar-refractivity contribution in [1.82, 2.24) is 10.6 Å². The second-order valence-electron chi connectivity index (χ2n) is 12.3. The van der Waals surface area contributed by atoms with E-state index in [1.54, 1.807) is 0 Å². The van der Waals surface area contributed by atoms with Gasteiger partial charge in [-0.2, -0.15) is 0 Å². The number of carbonyl (C=O) groups is 2. The lowest BCUT2D eigenvalue weighted by molar-refractivity contribution is -0.270. The molecular formula is C28H42Cl6N2O10Si. The zero-order valence-corrected chi connectivity index (χ0v) is 32.1. The molecule has 12 nitrogen and oxygen atoms in total. The fourth-order valence-corrected chi connectivity index (χ4v) is 5.13. The molecule has 1 saturated heterocycles. The molecule has 270 valence electrons. The molecule has 0 radical (unpaired) electrons. The van der Waals surface area contributed by atoms with Crippen molar-refractivity contribution in [2.45, 2.75) is 89.8 Å². The third kappa shape index (κ3) is 15.9. The summed E-state index contributed by atoms with van der Waals surface area (Å²) < 4.78 is 30.2. The van der Waals surface area contributed by atoms with Crippen LogP contribution >= 0.6 is 69.6 Å². The molecule has 0 spiro atoms. The van der Waals surface area contributed by atoms with Crippen LogP contribution < -0.4 is 10.6 Å². The first-order valence-corrected chi connectivity index (χ1v) is 19.6. The molecule has 1 fully saturated rings. The average molecular weight is 807 g/mol. The molecule has 47 heavy (non-hydrogen) atoms. The molecule has 2 amide bonds. The first-order valence-electron chi connectivity index (χ1n) is 14.5. The Hall–Kier alpha value is -0.523. The first-order chi connectivity index (χ1) is 21.6. The molecule has 1 aliphatic rings. The van der Waals surface area contributed by atoms with Crippen molar-refractivity contribution >= 4 is 90.1 Å². The lowest BCUT2D eigenvalue weighted by Crippen LogP contribution is -2.65. The summed E-state index contributed by atoms with van der Waals surface area (Å²) in [6.45, 7) is 8.81. The molecule has 19 heteroatoms. The molecular weight excluding hydrogens is 765 g/mol. The van der Waals surface area contributed by atoms with Crippen LogP contribution in [0.2, 0.25) is 18.1 Å². The van der Waals surface area contributed by atoms with Crippen LogP contribution in [0.3, 0.4) is 0 Å². The standard InChI is InChI=1S/C28H42Cl6N2O10Si/c1-26(2,3)47(4,5)45-14-19-21(37)22(38)20(36-25(40)44-16-28(32,33)34)23(46-19)42-13-18(35-24(39)43-15-27(29,30)31)12-41-11-17-9-7-6-8-10-17/h6-10,18-23,37-38H,11-16H2,1-5H3,(H,35,39)(H,36,40)/t18?,19?,20?,21-,22+,23+/m0/s1. The molecule has 6 atom stereocenters. The van der Waals surface area contributed by atoms with Crippen molar-refractivity contribution in [2.75, 3.05) is 33.0 Å². The van der Waals surface area contributed by atoms with E-state index in [0.717, 1.165) is 5.56 Å². The second kappa shape index (κ2) is 18.6. The van der Waals surface area contributed by atoms with Gasteiger partial charge in [-0.15, -0.1) is 0 Å². The van der Waals surface area contributed by atoms with Crippen LogP contribution in [-0.4, -0.2) is 108 Å². The summed E-state index contributed by atoms with van der Waals surface area (Å²) >= 11 is 34.1. The fraction of sp³-hybridized carbons (Fsp3) is 0.714. The fourth-order valence-electron chi connectivity index (χ4n) is 3.79. The third-order valence-electron chi connectivity index (χ3n) is 7.35. The summed E-state index contributed by atoms with van der Waals surface area (Å²) in [7, 11) is -2.30. The highest BCUT2D eigenvalue weighted by molar-refractivity contribution is 6.74. The van der Waals surface area contributed by atoms with E-state index in [0.29, 0.717) is 0 Å². The molecule has 3 unspecified atom stereocenters. The number of aliphatic hydroxyl groups is 2. The highest BCUT2D eigenvalue weighted by Crippen LogP contribution is 2.37. The largest absolute Gasteiger partial charge is 0.445 e. The number of amides is 2. The van der Waals surface area contributed by atoms with Gasteiger partial charge in [-0.25, -0.2) is 9.59 Å². The number of hydrogen-bond acceptors (Lipinski definition) is 10. The third-order valence-corrected chi connectivity index (χ3v) is 12.5. The molecule has 1 aromatic carbocycles. The average Bonchev–Trinajstić information content (AvgIpc) is 2.95. The minimum absolute atomic E-state index is 0.0725. The van der Waals surface area contributed by atoms with Crippen LogP contribution in [-0.2, 0) is 34.7 Å². The summed E-state index contributed by atoms with van der Waals surface area (Å²) in [5.74, 6) is 0. The number of alkyl halides is 6. The van der Waals surface area contributed by atoms with E-state index in [4.69, 9.17) is 97.7 Å². The molecule has 1 aromatic rings. The maximum atomic E-state index is 12.6. The zero-order chi connectivity index (χ0) is 35.6. The number of nitrogens with one attached hydrogen (secondary N) is 2. The smallest absolute Gasteiger partial charge is 0.407 e. The van der Waals surface area contributed by atoms with Crippen LogP contribution in [0.5, 0.6) is 0 Å². The number of benzene rings is 1. The molecule has 4 N–H and O–H groups in total. The number of halogens is 6. The van der Waals surface area contributed by atoms with Gasteiger partial charge >= 0.3 is 12.2 Å². The van der Waals surface area contributed by atoms with Gasteiger partial charge in [0.15, 0.2) is 14.6 Å². The van der Waals surface area contributed by atoms with Crippen LogP contribution in [0.4, 0.5) is 9.59 Å². The maximum absolute atomic E-state index is 12.6. The number of carbonyl (C=O) groups excluding carboxylic acids is 2. The Kier molecular flexibility index (Phi) is 16.9. The van der Waals surface area contributed by atoms with E-state index in [2.05, 4.69) is 10.6 Å². The zero-order valence-electron chi connectivity index (χ0n) is 26.5. The van der Waals surface area contributed by atoms with Gasteiger partial charge in [-0.3, -0.25) is 0 Å². The summed E-state index contributed by atoms with van der Waals surface area (Å²) in [6.07, 6.45) is -7.59. The second-order valence-corrected chi connectivity index (χ2v) is 22.2. The van der Waals surface area contributed by atoms with Crippen LogP contribution in [0.25, 0.3) is 0 Å². The van der Waals surface area contributed by atoms with Gasteiger partial charge in [0.05, 0.1) is 32.5 Å². The van der Waals surface area contributed by atoms with Crippen LogP contribution in [0.1, 0.15) is 26.3 Å². The summed E-state index contributed by atoms with van der Waals surface area (Å²) in [5, 5.41) is 26.9. The van der Waals surface area contributed by atoms with Crippen molar-refractivity contribution in [3.8, 4) is 0 Å². The van der Waals surface area contributed by atoms with Crippen molar-refractivity contribution in [3.63, 3.8) is 0 Å². The summed E-state index contributed by atoms with van der Waals surface area (Å²) in [6, 6.07) is 7.04. The van der Waals surface area contributed by atoms with Crippen molar-refractivity contribution < 1.29 is 47.9 Å². The Morgan fingerprint density at radius 1 is 0.915 bits per heavy atom. The number of hydrogen-bond donors (Lipinski definition) is 4. The number of rotatable bonds is 14. The predicted octanol–water partition coefficient (Wildman–Crippen LogP) is 5.62. The monoisotopic (exact) mass is 804 g/mol. The Bertz CT molecular complexity index is 1120. The van der Waals surface area contributed by atoms with E-state index < -0.39 is 78.0 Å². The van der Waals surface area contributed by atoms with Crippen LogP contribution in [0, 0.1) is 0 Å². The first kappa shape index (κ1) is 42.6. The van der Waals surface area contributed by atoms with E-state index in [1.165, 1.54) is 0 Å². The van der Waals surface area contributed by atoms with E-state index in [9.17, 15) is 19.8 Å². The van der Waals surface area contributed by atoms with E-state index >= 15 is 0 Å². The van der Waals surface area contributed by atoms with Gasteiger partial charge in [0.2, 0.25) is 7.59 Å². The Morgan fingerprint density at radius 2 is 1.49 bits per heavy atom. The lowest BCUT2D eigenvalue weighted by Gasteiger charge is -2.44. The Balaban J connectivity index is 2.23. The van der Waals surface area contributed by atoms with Crippen LogP contribution in [0.15, 0.2) is 30.3 Å². The number of ether oxygens (including phenoxy) is 5. The molecule has 2 rings (SSSR count). The van der Waals surface area contributed by atoms with Crippen molar-refractivity contribution in [2.24, 2.45) is 0 Å². The molecule has 1 heterocycles. The van der Waals surface area contributed by atoms with Gasteiger partial charge < -0.3 is 49.0 Å². The molecule has 0 aromatic heterocycles. The maximum Gasteiger partial charge on any atom is 0.407 e. The van der Waals surface area contributed by atoms with E-state index in [-0.39, 0.29) is 31.5 Å². The van der Waals surface area contributed by atoms with Gasteiger partial charge in [0, 0.05) is 0 Å². The highest BCUT2D eigenvalue weighted by Gasteiger charge is 2.48. The molecule has 0 bridgehead atoms. The summed E-state index contributed by atoms with van der Waals surface area (Å²) in [5.41, 5.74) is 0.876. The lowest BCUT2D eigenvalue weighted by atomic mass is 9.97. The van der Waals surface area contributed by atoms with Gasteiger partial charge in [0.1, 0.15) is 37.6 Å². The number of alkyl carbamates (subject to hydrolysis) is 2. The number of aliphatic hydroxyl groups excluding tert-OH is 2. The summed E-state index contributed by atoms with van der Waals surface area (Å²) in [4.78, 5) is 25.1.